The lowest BCUT2D eigenvalue weighted by Crippen LogP contribution is -2.29. The molecular formula is C23H26O4. The molecule has 0 saturated heterocycles. The van der Waals surface area contributed by atoms with E-state index in [-0.39, 0.29) is 24.3 Å². The molecule has 0 bridgehead atoms. The fourth-order valence-corrected chi connectivity index (χ4v) is 4.04. The van der Waals surface area contributed by atoms with Gasteiger partial charge in [0.25, 0.3) is 0 Å². The number of fused-ring (bicyclic) bond motifs is 1. The maximum Gasteiger partial charge on any atom is 0.302 e. The van der Waals surface area contributed by atoms with Crippen LogP contribution in [0.25, 0.3) is 0 Å². The largest absolute Gasteiger partial charge is 0.490 e. The minimum Gasteiger partial charge on any atom is -0.490 e. The van der Waals surface area contributed by atoms with Crippen LogP contribution in [-0.2, 0) is 16.0 Å². The van der Waals surface area contributed by atoms with Crippen molar-refractivity contribution in [2.75, 3.05) is 0 Å². The summed E-state index contributed by atoms with van der Waals surface area (Å²) < 4.78 is 17.7. The van der Waals surface area contributed by atoms with Crippen LogP contribution in [0.3, 0.4) is 0 Å². The lowest BCUT2D eigenvalue weighted by atomic mass is 9.94. The molecule has 1 saturated carbocycles. The molecule has 1 aliphatic heterocycles. The zero-order valence-electron chi connectivity index (χ0n) is 15.7. The first-order valence-corrected chi connectivity index (χ1v) is 9.86. The molecule has 2 aliphatic rings. The van der Waals surface area contributed by atoms with Gasteiger partial charge in [0.2, 0.25) is 0 Å². The molecule has 27 heavy (non-hydrogen) atoms. The van der Waals surface area contributed by atoms with Crippen LogP contribution in [0, 0.1) is 0 Å². The Balaban J connectivity index is 1.35. The quantitative estimate of drug-likeness (QED) is 0.714. The second kappa shape index (κ2) is 8.03. The van der Waals surface area contributed by atoms with Crippen molar-refractivity contribution in [3.63, 3.8) is 0 Å². The molecule has 1 aliphatic carbocycles. The third-order valence-electron chi connectivity index (χ3n) is 5.41. The molecule has 1 unspecified atom stereocenters. The van der Waals surface area contributed by atoms with E-state index in [0.717, 1.165) is 50.0 Å². The van der Waals surface area contributed by atoms with Gasteiger partial charge in [-0.15, -0.1) is 0 Å². The van der Waals surface area contributed by atoms with Crippen molar-refractivity contribution < 1.29 is 19.0 Å². The minimum atomic E-state index is -0.192. The van der Waals surface area contributed by atoms with E-state index in [2.05, 4.69) is 30.3 Å². The van der Waals surface area contributed by atoms with Crippen LogP contribution in [0.15, 0.2) is 48.5 Å². The summed E-state index contributed by atoms with van der Waals surface area (Å²) in [5, 5.41) is 0. The van der Waals surface area contributed by atoms with E-state index < -0.39 is 0 Å². The van der Waals surface area contributed by atoms with Crippen LogP contribution >= 0.6 is 0 Å². The third kappa shape index (κ3) is 4.44. The Bertz CT molecular complexity index is 778. The standard InChI is InChI=1S/C23H26O4/c1-16(24)25-19-8-10-20(11-9-19)26-21-12-14-23-18(15-21)7-13-22(27-23)17-5-3-2-4-6-17/h2-6,12,14-15,19-20,22H,7-11,13H2,1H3. The summed E-state index contributed by atoms with van der Waals surface area (Å²) in [4.78, 5) is 11.1. The van der Waals surface area contributed by atoms with Gasteiger partial charge in [0.1, 0.15) is 23.7 Å². The number of hydrogen-bond donors (Lipinski definition) is 0. The normalized spacial score (nSPS) is 24.4. The summed E-state index contributed by atoms with van der Waals surface area (Å²) in [7, 11) is 0. The highest BCUT2D eigenvalue weighted by Crippen LogP contribution is 2.37. The number of carbonyl (C=O) groups is 1. The fourth-order valence-electron chi connectivity index (χ4n) is 4.04. The summed E-state index contributed by atoms with van der Waals surface area (Å²) in [6.07, 6.45) is 5.92. The molecule has 1 fully saturated rings. The summed E-state index contributed by atoms with van der Waals surface area (Å²) in [6, 6.07) is 16.5. The van der Waals surface area contributed by atoms with Crippen molar-refractivity contribution in [3.8, 4) is 11.5 Å². The first-order chi connectivity index (χ1) is 13.2. The summed E-state index contributed by atoms with van der Waals surface area (Å²) in [5.41, 5.74) is 2.45. The number of benzene rings is 2. The Labute approximate surface area is 160 Å². The molecule has 4 nitrogen and oxygen atoms in total. The van der Waals surface area contributed by atoms with E-state index in [0.29, 0.717) is 0 Å². The highest BCUT2D eigenvalue weighted by Gasteiger charge is 2.25. The Morgan fingerprint density at radius 2 is 1.70 bits per heavy atom. The van der Waals surface area contributed by atoms with Crippen LogP contribution in [0.4, 0.5) is 0 Å². The Hall–Kier alpha value is -2.49. The molecule has 2 aromatic carbocycles. The molecule has 0 aromatic heterocycles. The molecule has 0 amide bonds. The van der Waals surface area contributed by atoms with Crippen LogP contribution in [0.2, 0.25) is 0 Å². The van der Waals surface area contributed by atoms with Gasteiger partial charge in [0, 0.05) is 6.92 Å². The van der Waals surface area contributed by atoms with Gasteiger partial charge in [-0.1, -0.05) is 30.3 Å². The van der Waals surface area contributed by atoms with E-state index in [1.54, 1.807) is 0 Å². The molecule has 4 heteroatoms. The van der Waals surface area contributed by atoms with Gasteiger partial charge in [-0.2, -0.15) is 0 Å². The van der Waals surface area contributed by atoms with E-state index in [9.17, 15) is 4.79 Å². The predicted molar refractivity (Wildman–Crippen MR) is 103 cm³/mol. The molecule has 142 valence electrons. The zero-order chi connectivity index (χ0) is 18.6. The van der Waals surface area contributed by atoms with Crippen LogP contribution in [0.1, 0.15) is 56.3 Å². The zero-order valence-corrected chi connectivity index (χ0v) is 15.7. The second-order valence-corrected chi connectivity index (χ2v) is 7.45. The molecular weight excluding hydrogens is 340 g/mol. The summed E-state index contributed by atoms with van der Waals surface area (Å²) in [5.74, 6) is 1.68. The van der Waals surface area contributed by atoms with Gasteiger partial charge < -0.3 is 14.2 Å². The fraction of sp³-hybridized carbons (Fsp3) is 0.435. The number of hydrogen-bond acceptors (Lipinski definition) is 4. The van der Waals surface area contributed by atoms with Crippen LogP contribution in [-0.4, -0.2) is 18.2 Å². The van der Waals surface area contributed by atoms with E-state index in [1.807, 2.05) is 18.2 Å². The van der Waals surface area contributed by atoms with Gasteiger partial charge in [0.15, 0.2) is 0 Å². The average Bonchev–Trinajstić information content (AvgIpc) is 2.69. The molecule has 1 atom stereocenters. The van der Waals surface area contributed by atoms with Gasteiger partial charge in [-0.25, -0.2) is 0 Å². The van der Waals surface area contributed by atoms with Crippen LogP contribution in [0.5, 0.6) is 11.5 Å². The molecule has 1 heterocycles. The van der Waals surface area contributed by atoms with E-state index in [4.69, 9.17) is 14.2 Å². The molecule has 0 N–H and O–H groups in total. The van der Waals surface area contributed by atoms with Crippen LogP contribution < -0.4 is 9.47 Å². The summed E-state index contributed by atoms with van der Waals surface area (Å²) in [6.45, 7) is 1.47. The highest BCUT2D eigenvalue weighted by atomic mass is 16.5. The molecule has 0 spiro atoms. The number of carbonyl (C=O) groups excluding carboxylic acids is 1. The average molecular weight is 366 g/mol. The lowest BCUT2D eigenvalue weighted by molar-refractivity contribution is -0.148. The highest BCUT2D eigenvalue weighted by molar-refractivity contribution is 5.66. The molecule has 2 aromatic rings. The van der Waals surface area contributed by atoms with E-state index >= 15 is 0 Å². The van der Waals surface area contributed by atoms with Crippen molar-refractivity contribution in [2.24, 2.45) is 0 Å². The monoisotopic (exact) mass is 366 g/mol. The van der Waals surface area contributed by atoms with Gasteiger partial charge >= 0.3 is 5.97 Å². The topological polar surface area (TPSA) is 44.8 Å². The first kappa shape index (κ1) is 17.9. The van der Waals surface area contributed by atoms with Crippen molar-refractivity contribution in [3.05, 3.63) is 59.7 Å². The number of ether oxygens (including phenoxy) is 3. The third-order valence-corrected chi connectivity index (χ3v) is 5.41. The first-order valence-electron chi connectivity index (χ1n) is 9.86. The maximum absolute atomic E-state index is 11.1. The smallest absolute Gasteiger partial charge is 0.302 e. The summed E-state index contributed by atoms with van der Waals surface area (Å²) >= 11 is 0. The minimum absolute atomic E-state index is 0.0502. The van der Waals surface area contributed by atoms with Crippen molar-refractivity contribution in [1.29, 1.82) is 0 Å². The number of aryl methyl sites for hydroxylation is 1. The van der Waals surface area contributed by atoms with Crippen molar-refractivity contribution in [1.82, 2.24) is 0 Å². The number of rotatable bonds is 4. The second-order valence-electron chi connectivity index (χ2n) is 7.45. The maximum atomic E-state index is 11.1. The molecule has 0 radical (unpaired) electrons. The predicted octanol–water partition coefficient (Wildman–Crippen LogP) is 5.01. The Morgan fingerprint density at radius 1 is 0.963 bits per heavy atom. The Morgan fingerprint density at radius 3 is 2.44 bits per heavy atom. The van der Waals surface area contributed by atoms with Crippen molar-refractivity contribution >= 4 is 5.97 Å². The van der Waals surface area contributed by atoms with Gasteiger partial charge in [-0.05, 0) is 67.9 Å². The van der Waals surface area contributed by atoms with Gasteiger partial charge in [-0.3, -0.25) is 4.79 Å². The number of esters is 1. The molecule has 4 rings (SSSR count). The van der Waals surface area contributed by atoms with Crippen molar-refractivity contribution in [2.45, 2.75) is 63.8 Å². The SMILES string of the molecule is CC(=O)OC1CCC(Oc2ccc3c(c2)CCC(c2ccccc2)O3)CC1. The van der Waals surface area contributed by atoms with E-state index in [1.165, 1.54) is 18.1 Å². The Kier molecular flexibility index (Phi) is 5.33. The van der Waals surface area contributed by atoms with Gasteiger partial charge in [0.05, 0.1) is 6.10 Å². The lowest BCUT2D eigenvalue weighted by Gasteiger charge is -2.30.